The maximum absolute atomic E-state index is 10.3. The molecule has 0 aliphatic heterocycles. The van der Waals surface area contributed by atoms with Crippen LogP contribution in [0.15, 0.2) is 29.4 Å². The van der Waals surface area contributed by atoms with E-state index in [2.05, 4.69) is 10.5 Å². The van der Waals surface area contributed by atoms with Crippen molar-refractivity contribution in [2.75, 3.05) is 11.3 Å². The summed E-state index contributed by atoms with van der Waals surface area (Å²) in [5.74, 6) is 0.319. The zero-order valence-corrected chi connectivity index (χ0v) is 7.94. The minimum Gasteiger partial charge on any atom is -0.279 e. The molecule has 0 radical (unpaired) electrons. The largest absolute Gasteiger partial charge is 0.279 e. The molecule has 1 aromatic rings. The van der Waals surface area contributed by atoms with E-state index < -0.39 is 4.92 Å². The molecule has 0 aliphatic rings. The maximum Gasteiger partial charge on any atom is 0.269 e. The SMILES string of the molecule is O=[N+]([O-])c1ccc(NN=CCCl)cc1. The van der Waals surface area contributed by atoms with Crippen molar-refractivity contribution in [2.45, 2.75) is 0 Å². The number of hydrogen-bond acceptors (Lipinski definition) is 4. The van der Waals surface area contributed by atoms with Crippen molar-refractivity contribution in [1.82, 2.24) is 0 Å². The summed E-state index contributed by atoms with van der Waals surface area (Å²) in [6.07, 6.45) is 1.49. The Balaban J connectivity index is 2.64. The van der Waals surface area contributed by atoms with Gasteiger partial charge in [-0.2, -0.15) is 5.10 Å². The number of halogens is 1. The summed E-state index contributed by atoms with van der Waals surface area (Å²) >= 11 is 5.36. The first-order chi connectivity index (χ1) is 6.74. The molecule has 0 unspecified atom stereocenters. The highest BCUT2D eigenvalue weighted by Gasteiger charge is 2.02. The van der Waals surface area contributed by atoms with Crippen LogP contribution in [0.3, 0.4) is 0 Å². The number of nitro groups is 1. The summed E-state index contributed by atoms with van der Waals surface area (Å²) in [6, 6.07) is 5.95. The third kappa shape index (κ3) is 3.02. The zero-order chi connectivity index (χ0) is 10.4. The van der Waals surface area contributed by atoms with E-state index in [1.54, 1.807) is 12.1 Å². The van der Waals surface area contributed by atoms with Crippen molar-refractivity contribution in [3.8, 4) is 0 Å². The molecule has 1 aromatic carbocycles. The fraction of sp³-hybridized carbons (Fsp3) is 0.125. The summed E-state index contributed by atoms with van der Waals surface area (Å²) in [7, 11) is 0. The van der Waals surface area contributed by atoms with Gasteiger partial charge in [-0.25, -0.2) is 0 Å². The van der Waals surface area contributed by atoms with Crippen LogP contribution in [0.25, 0.3) is 0 Å². The lowest BCUT2D eigenvalue weighted by Gasteiger charge is -1.98. The monoisotopic (exact) mass is 213 g/mol. The third-order valence-electron chi connectivity index (χ3n) is 1.43. The summed E-state index contributed by atoms with van der Waals surface area (Å²) in [5, 5.41) is 14.1. The van der Waals surface area contributed by atoms with Crippen LogP contribution in [-0.2, 0) is 0 Å². The van der Waals surface area contributed by atoms with Crippen molar-refractivity contribution in [2.24, 2.45) is 5.10 Å². The summed E-state index contributed by atoms with van der Waals surface area (Å²) in [5.41, 5.74) is 3.40. The van der Waals surface area contributed by atoms with E-state index in [4.69, 9.17) is 11.6 Å². The van der Waals surface area contributed by atoms with E-state index in [-0.39, 0.29) is 5.69 Å². The van der Waals surface area contributed by atoms with Crippen molar-refractivity contribution < 1.29 is 4.92 Å². The molecule has 5 nitrogen and oxygen atoms in total. The normalized spacial score (nSPS) is 10.4. The van der Waals surface area contributed by atoms with Gasteiger partial charge in [0.25, 0.3) is 5.69 Å². The summed E-state index contributed by atoms with van der Waals surface area (Å²) < 4.78 is 0. The standard InChI is InChI=1S/C8H8ClN3O2/c9-5-6-10-11-7-1-3-8(4-2-7)12(13)14/h1-4,6,11H,5H2. The van der Waals surface area contributed by atoms with Gasteiger partial charge in [0.05, 0.1) is 16.5 Å². The van der Waals surface area contributed by atoms with Crippen LogP contribution in [0, 0.1) is 10.1 Å². The molecular weight excluding hydrogens is 206 g/mol. The molecule has 14 heavy (non-hydrogen) atoms. The number of nitro benzene ring substituents is 1. The molecule has 0 fully saturated rings. The quantitative estimate of drug-likeness (QED) is 0.361. The van der Waals surface area contributed by atoms with Crippen molar-refractivity contribution in [3.63, 3.8) is 0 Å². The topological polar surface area (TPSA) is 67.5 Å². The molecule has 0 spiro atoms. The maximum atomic E-state index is 10.3. The number of non-ortho nitro benzene ring substituents is 1. The second kappa shape index (κ2) is 5.18. The lowest BCUT2D eigenvalue weighted by Crippen LogP contribution is -1.91. The number of hydrogen-bond donors (Lipinski definition) is 1. The molecule has 0 atom stereocenters. The number of benzene rings is 1. The number of nitrogens with one attached hydrogen (secondary N) is 1. The Morgan fingerprint density at radius 2 is 2.14 bits per heavy atom. The molecule has 1 N–H and O–H groups in total. The van der Waals surface area contributed by atoms with Gasteiger partial charge in [-0.05, 0) is 12.1 Å². The van der Waals surface area contributed by atoms with Crippen LogP contribution >= 0.6 is 11.6 Å². The highest BCUT2D eigenvalue weighted by atomic mass is 35.5. The van der Waals surface area contributed by atoms with E-state index >= 15 is 0 Å². The van der Waals surface area contributed by atoms with Gasteiger partial charge < -0.3 is 0 Å². The van der Waals surface area contributed by atoms with Crippen LogP contribution in [0.4, 0.5) is 11.4 Å². The summed E-state index contributed by atoms with van der Waals surface area (Å²) in [4.78, 5) is 9.86. The first-order valence-corrected chi connectivity index (χ1v) is 4.35. The van der Waals surface area contributed by atoms with Crippen LogP contribution < -0.4 is 5.43 Å². The predicted molar refractivity (Wildman–Crippen MR) is 55.9 cm³/mol. The van der Waals surface area contributed by atoms with Gasteiger partial charge in [-0.15, -0.1) is 11.6 Å². The smallest absolute Gasteiger partial charge is 0.269 e. The Labute approximate surface area is 85.5 Å². The molecule has 0 amide bonds. The van der Waals surface area contributed by atoms with Crippen LogP contribution in [0.2, 0.25) is 0 Å². The highest BCUT2D eigenvalue weighted by Crippen LogP contribution is 2.14. The van der Waals surface area contributed by atoms with E-state index in [1.807, 2.05) is 0 Å². The van der Waals surface area contributed by atoms with Gasteiger partial charge in [0.15, 0.2) is 0 Å². The fourth-order valence-corrected chi connectivity index (χ4v) is 0.881. The fourth-order valence-electron chi connectivity index (χ4n) is 0.812. The first-order valence-electron chi connectivity index (χ1n) is 3.82. The number of alkyl halides is 1. The lowest BCUT2D eigenvalue weighted by molar-refractivity contribution is -0.384. The van der Waals surface area contributed by atoms with Gasteiger partial charge in [-0.3, -0.25) is 15.5 Å². The Morgan fingerprint density at radius 3 is 2.64 bits per heavy atom. The third-order valence-corrected chi connectivity index (χ3v) is 1.57. The molecule has 6 heteroatoms. The molecular formula is C8H8ClN3O2. The zero-order valence-electron chi connectivity index (χ0n) is 7.18. The molecule has 0 heterocycles. The van der Waals surface area contributed by atoms with Gasteiger partial charge in [0, 0.05) is 18.3 Å². The van der Waals surface area contributed by atoms with Gasteiger partial charge in [0.2, 0.25) is 0 Å². The lowest BCUT2D eigenvalue weighted by atomic mass is 10.3. The van der Waals surface area contributed by atoms with Gasteiger partial charge in [-0.1, -0.05) is 0 Å². The van der Waals surface area contributed by atoms with Crippen LogP contribution in [-0.4, -0.2) is 17.0 Å². The van der Waals surface area contributed by atoms with Crippen molar-refractivity contribution in [1.29, 1.82) is 0 Å². The molecule has 0 saturated carbocycles. The number of anilines is 1. The average molecular weight is 214 g/mol. The van der Waals surface area contributed by atoms with Crippen molar-refractivity contribution >= 4 is 29.2 Å². The Kier molecular flexibility index (Phi) is 3.87. The van der Waals surface area contributed by atoms with Crippen molar-refractivity contribution in [3.05, 3.63) is 34.4 Å². The van der Waals surface area contributed by atoms with E-state index in [1.165, 1.54) is 18.3 Å². The number of hydrazone groups is 1. The molecule has 0 aromatic heterocycles. The summed E-state index contributed by atoms with van der Waals surface area (Å²) in [6.45, 7) is 0. The van der Waals surface area contributed by atoms with Gasteiger partial charge >= 0.3 is 0 Å². The van der Waals surface area contributed by atoms with Gasteiger partial charge in [0.1, 0.15) is 0 Å². The van der Waals surface area contributed by atoms with Crippen LogP contribution in [0.5, 0.6) is 0 Å². The predicted octanol–water partition coefficient (Wildman–Crippen LogP) is 2.23. The van der Waals surface area contributed by atoms with Crippen LogP contribution in [0.1, 0.15) is 0 Å². The number of nitrogens with zero attached hydrogens (tertiary/aromatic N) is 2. The second-order valence-electron chi connectivity index (χ2n) is 2.38. The highest BCUT2D eigenvalue weighted by molar-refractivity contribution is 6.24. The molecule has 74 valence electrons. The van der Waals surface area contributed by atoms with E-state index in [9.17, 15) is 10.1 Å². The Morgan fingerprint density at radius 1 is 1.50 bits per heavy atom. The Hall–Kier alpha value is -1.62. The molecule has 1 rings (SSSR count). The molecule has 0 aliphatic carbocycles. The first kappa shape index (κ1) is 10.5. The molecule has 0 bridgehead atoms. The second-order valence-corrected chi connectivity index (χ2v) is 2.69. The van der Waals surface area contributed by atoms with E-state index in [0.717, 1.165) is 0 Å². The molecule has 0 saturated heterocycles. The average Bonchev–Trinajstić information content (AvgIpc) is 2.19. The number of rotatable bonds is 4. The van der Waals surface area contributed by atoms with E-state index in [0.29, 0.717) is 11.6 Å². The minimum absolute atomic E-state index is 0.0527. The minimum atomic E-state index is -0.453. The Bertz CT molecular complexity index is 337.